The summed E-state index contributed by atoms with van der Waals surface area (Å²) in [4.78, 5) is 11.6. The molecule has 0 amide bonds. The second-order valence-electron chi connectivity index (χ2n) is 9.59. The van der Waals surface area contributed by atoms with Gasteiger partial charge in [-0.2, -0.15) is 0 Å². The minimum absolute atomic E-state index is 0.0495. The first-order valence-electron chi connectivity index (χ1n) is 12.1. The molecule has 7 heteroatoms. The molecule has 6 nitrogen and oxygen atoms in total. The number of sulfonamides is 1. The second kappa shape index (κ2) is 8.82. The Bertz CT molecular complexity index is 1510. The highest BCUT2D eigenvalue weighted by Crippen LogP contribution is 2.42. The molecule has 7 rings (SSSR count). The fraction of sp³-hybridized carbons (Fsp3) is 0.286. The van der Waals surface area contributed by atoms with Crippen molar-refractivity contribution in [3.8, 4) is 0 Å². The van der Waals surface area contributed by atoms with Crippen LogP contribution in [0.4, 0.5) is 0 Å². The Kier molecular flexibility index (Phi) is 5.63. The van der Waals surface area contributed by atoms with Crippen molar-refractivity contribution in [1.82, 2.24) is 19.6 Å². The standard InChI is InChI=1S/C28H28N4O2S/c1-2-19-18-32-16-13-21(19)17-25(32)28(23-12-15-29-24-10-4-3-9-22(23)24)31-35(33,34)26-11-5-7-20-8-6-14-30-27(20)26/h2-12,14-15,19,21,25,28,31H,1,13,16-18H2/t19-,21?,25?,28-/m0/s1. The van der Waals surface area contributed by atoms with Crippen LogP contribution in [-0.2, 0) is 10.0 Å². The zero-order valence-corrected chi connectivity index (χ0v) is 20.2. The van der Waals surface area contributed by atoms with Crippen molar-refractivity contribution in [2.75, 3.05) is 13.1 Å². The van der Waals surface area contributed by atoms with Gasteiger partial charge < -0.3 is 0 Å². The van der Waals surface area contributed by atoms with E-state index in [4.69, 9.17) is 0 Å². The van der Waals surface area contributed by atoms with Crippen LogP contribution in [0.2, 0.25) is 0 Å². The summed E-state index contributed by atoms with van der Waals surface area (Å²) in [5.74, 6) is 0.968. The maximum Gasteiger partial charge on any atom is 0.243 e. The van der Waals surface area contributed by atoms with Gasteiger partial charge in [-0.15, -0.1) is 6.58 Å². The minimum Gasteiger partial charge on any atom is -0.298 e. The normalized spacial score (nSPS) is 25.0. The van der Waals surface area contributed by atoms with E-state index >= 15 is 0 Å². The lowest BCUT2D eigenvalue weighted by molar-refractivity contribution is 0.00490. The summed E-state index contributed by atoms with van der Waals surface area (Å²) in [6.07, 6.45) is 7.53. The molecular weight excluding hydrogens is 456 g/mol. The van der Waals surface area contributed by atoms with E-state index in [1.807, 2.05) is 48.5 Å². The van der Waals surface area contributed by atoms with Gasteiger partial charge in [-0.05, 0) is 61.1 Å². The van der Waals surface area contributed by atoms with E-state index in [0.717, 1.165) is 47.8 Å². The van der Waals surface area contributed by atoms with E-state index in [-0.39, 0.29) is 10.9 Å². The third-order valence-corrected chi connectivity index (χ3v) is 9.20. The molecule has 0 aliphatic carbocycles. The van der Waals surface area contributed by atoms with Crippen molar-refractivity contribution < 1.29 is 8.42 Å². The summed E-state index contributed by atoms with van der Waals surface area (Å²) >= 11 is 0. The van der Waals surface area contributed by atoms with Crippen molar-refractivity contribution >= 4 is 31.8 Å². The van der Waals surface area contributed by atoms with Crippen molar-refractivity contribution in [1.29, 1.82) is 0 Å². The molecule has 3 fully saturated rings. The topological polar surface area (TPSA) is 75.2 Å². The van der Waals surface area contributed by atoms with Crippen LogP contribution in [-0.4, -0.2) is 42.4 Å². The fourth-order valence-electron chi connectivity index (χ4n) is 5.99. The van der Waals surface area contributed by atoms with Gasteiger partial charge in [0.2, 0.25) is 10.0 Å². The third-order valence-electron chi connectivity index (χ3n) is 7.72. The third kappa shape index (κ3) is 3.93. The van der Waals surface area contributed by atoms with Gasteiger partial charge in [0.05, 0.1) is 17.1 Å². The molecule has 0 spiro atoms. The maximum absolute atomic E-state index is 13.9. The van der Waals surface area contributed by atoms with Crippen LogP contribution in [0, 0.1) is 11.8 Å². The molecule has 3 unspecified atom stereocenters. The number of pyridine rings is 2. The van der Waals surface area contributed by atoms with E-state index in [0.29, 0.717) is 17.4 Å². The molecule has 0 radical (unpaired) electrons. The Balaban J connectivity index is 1.47. The van der Waals surface area contributed by atoms with Crippen LogP contribution < -0.4 is 4.72 Å². The lowest BCUT2D eigenvalue weighted by Gasteiger charge is -2.51. The Morgan fingerprint density at radius 3 is 2.71 bits per heavy atom. The van der Waals surface area contributed by atoms with Crippen LogP contribution in [0.15, 0.2) is 90.6 Å². The van der Waals surface area contributed by atoms with Gasteiger partial charge in [0, 0.05) is 35.8 Å². The average Bonchev–Trinajstić information content (AvgIpc) is 2.91. The molecule has 5 atom stereocenters. The number of para-hydroxylation sites is 2. The fourth-order valence-corrected chi connectivity index (χ4v) is 7.41. The molecule has 35 heavy (non-hydrogen) atoms. The number of nitrogens with zero attached hydrogens (tertiary/aromatic N) is 3. The Hall–Kier alpha value is -3.13. The lowest BCUT2D eigenvalue weighted by atomic mass is 9.73. The Labute approximate surface area is 205 Å². The van der Waals surface area contributed by atoms with Gasteiger partial charge in [-0.3, -0.25) is 14.9 Å². The molecule has 2 aromatic heterocycles. The number of benzene rings is 2. The van der Waals surface area contributed by atoms with Crippen LogP contribution in [0.5, 0.6) is 0 Å². The molecule has 0 saturated carbocycles. The summed E-state index contributed by atoms with van der Waals surface area (Å²) in [7, 11) is -3.87. The molecule has 3 aliphatic rings. The number of nitrogens with one attached hydrogen (secondary N) is 1. The summed E-state index contributed by atoms with van der Waals surface area (Å²) < 4.78 is 31.0. The Morgan fingerprint density at radius 2 is 1.89 bits per heavy atom. The number of hydrogen-bond donors (Lipinski definition) is 1. The maximum atomic E-state index is 13.9. The van der Waals surface area contributed by atoms with E-state index in [1.54, 1.807) is 24.5 Å². The van der Waals surface area contributed by atoms with Gasteiger partial charge >= 0.3 is 0 Å². The van der Waals surface area contributed by atoms with Crippen LogP contribution >= 0.6 is 0 Å². The number of aromatic nitrogens is 2. The van der Waals surface area contributed by atoms with E-state index in [9.17, 15) is 8.42 Å². The SMILES string of the molecule is C=C[C@H]1CN2CCC1CC2[C@@H](NS(=O)(=O)c1cccc2cccnc12)c1ccnc2ccccc12. The van der Waals surface area contributed by atoms with Crippen molar-refractivity contribution in [3.05, 3.63) is 91.3 Å². The largest absolute Gasteiger partial charge is 0.298 e. The summed E-state index contributed by atoms with van der Waals surface area (Å²) in [6.45, 7) is 5.93. The molecule has 3 aliphatic heterocycles. The molecule has 3 saturated heterocycles. The summed E-state index contributed by atoms with van der Waals surface area (Å²) in [6, 6.07) is 18.5. The van der Waals surface area contributed by atoms with Gasteiger partial charge in [-0.1, -0.05) is 42.5 Å². The van der Waals surface area contributed by atoms with Crippen LogP contribution in [0.1, 0.15) is 24.4 Å². The minimum atomic E-state index is -3.87. The van der Waals surface area contributed by atoms with Gasteiger partial charge in [-0.25, -0.2) is 13.1 Å². The second-order valence-corrected chi connectivity index (χ2v) is 11.3. The lowest BCUT2D eigenvalue weighted by Crippen LogP contribution is -2.57. The molecule has 178 valence electrons. The predicted octanol–water partition coefficient (Wildman–Crippen LogP) is 4.70. The van der Waals surface area contributed by atoms with E-state index < -0.39 is 16.1 Å². The zero-order valence-electron chi connectivity index (χ0n) is 19.4. The quantitative estimate of drug-likeness (QED) is 0.402. The van der Waals surface area contributed by atoms with Gasteiger partial charge in [0.1, 0.15) is 4.90 Å². The first-order valence-corrected chi connectivity index (χ1v) is 13.6. The van der Waals surface area contributed by atoms with Crippen molar-refractivity contribution in [2.45, 2.75) is 29.8 Å². The first-order chi connectivity index (χ1) is 17.0. The van der Waals surface area contributed by atoms with Crippen LogP contribution in [0.3, 0.4) is 0 Å². The number of piperidine rings is 3. The zero-order chi connectivity index (χ0) is 24.0. The predicted molar refractivity (Wildman–Crippen MR) is 138 cm³/mol. The molecule has 5 heterocycles. The van der Waals surface area contributed by atoms with Crippen molar-refractivity contribution in [2.24, 2.45) is 11.8 Å². The highest BCUT2D eigenvalue weighted by molar-refractivity contribution is 7.89. The highest BCUT2D eigenvalue weighted by atomic mass is 32.2. The summed E-state index contributed by atoms with van der Waals surface area (Å²) in [5.41, 5.74) is 2.30. The van der Waals surface area contributed by atoms with Crippen molar-refractivity contribution in [3.63, 3.8) is 0 Å². The highest BCUT2D eigenvalue weighted by Gasteiger charge is 2.44. The number of rotatable bonds is 6. The van der Waals surface area contributed by atoms with E-state index in [1.165, 1.54) is 0 Å². The first kappa shape index (κ1) is 22.3. The van der Waals surface area contributed by atoms with Crippen LogP contribution in [0.25, 0.3) is 21.8 Å². The van der Waals surface area contributed by atoms with E-state index in [2.05, 4.69) is 32.2 Å². The molecule has 2 aromatic carbocycles. The molecule has 2 bridgehead atoms. The molecule has 1 N–H and O–H groups in total. The number of hydrogen-bond acceptors (Lipinski definition) is 5. The monoisotopic (exact) mass is 484 g/mol. The molecule has 4 aromatic rings. The Morgan fingerprint density at radius 1 is 1.03 bits per heavy atom. The number of fused-ring (bicyclic) bond motifs is 5. The van der Waals surface area contributed by atoms with Gasteiger partial charge in [0.15, 0.2) is 0 Å². The smallest absolute Gasteiger partial charge is 0.243 e. The van der Waals surface area contributed by atoms with Gasteiger partial charge in [0.25, 0.3) is 0 Å². The average molecular weight is 485 g/mol. The summed E-state index contributed by atoms with van der Waals surface area (Å²) in [5, 5.41) is 1.78. The molecular formula is C28H28N4O2S.